The van der Waals surface area contributed by atoms with Crippen LogP contribution >= 0.6 is 11.6 Å². The normalized spacial score (nSPS) is 22.5. The standard InChI is InChI=1S/C20H29ClN4O2/c1-14(2)22-19(27)23-9-10-25-17(11-23)12-24(13-20(25,3)4)18(26)15-5-7-16(21)8-6-15/h5-8,14,17H,9-13H2,1-4H3,(H,22,27). The minimum Gasteiger partial charge on any atom is -0.336 e. The minimum atomic E-state index is -0.133. The van der Waals surface area contributed by atoms with Crippen LogP contribution in [0, 0.1) is 0 Å². The second kappa shape index (κ2) is 7.68. The molecule has 0 saturated carbocycles. The van der Waals surface area contributed by atoms with Gasteiger partial charge in [0.15, 0.2) is 0 Å². The first kappa shape index (κ1) is 20.0. The van der Waals surface area contributed by atoms with Crippen molar-refractivity contribution in [2.45, 2.75) is 45.3 Å². The predicted molar refractivity (Wildman–Crippen MR) is 107 cm³/mol. The fraction of sp³-hybridized carbons (Fsp3) is 0.600. The number of fused-ring (bicyclic) bond motifs is 1. The number of urea groups is 1. The lowest BCUT2D eigenvalue weighted by Gasteiger charge is -2.55. The number of halogens is 1. The Bertz CT molecular complexity index is 704. The van der Waals surface area contributed by atoms with Crippen LogP contribution in [0.25, 0.3) is 0 Å². The molecular formula is C20H29ClN4O2. The second-order valence-electron chi connectivity index (χ2n) is 8.40. The van der Waals surface area contributed by atoms with Crippen molar-refractivity contribution in [3.05, 3.63) is 34.9 Å². The van der Waals surface area contributed by atoms with E-state index in [9.17, 15) is 9.59 Å². The van der Waals surface area contributed by atoms with E-state index in [1.54, 1.807) is 24.3 Å². The second-order valence-corrected chi connectivity index (χ2v) is 8.84. The molecule has 2 saturated heterocycles. The Kier molecular flexibility index (Phi) is 5.68. The Morgan fingerprint density at radius 1 is 1.11 bits per heavy atom. The number of hydrogen-bond acceptors (Lipinski definition) is 3. The minimum absolute atomic E-state index is 0.0168. The van der Waals surface area contributed by atoms with E-state index in [4.69, 9.17) is 11.6 Å². The van der Waals surface area contributed by atoms with E-state index in [1.807, 2.05) is 23.6 Å². The smallest absolute Gasteiger partial charge is 0.317 e. The summed E-state index contributed by atoms with van der Waals surface area (Å²) in [4.78, 5) is 31.6. The molecule has 3 rings (SSSR count). The third-order valence-electron chi connectivity index (χ3n) is 5.35. The highest BCUT2D eigenvalue weighted by Crippen LogP contribution is 2.29. The summed E-state index contributed by atoms with van der Waals surface area (Å²) in [7, 11) is 0. The third-order valence-corrected chi connectivity index (χ3v) is 5.60. The summed E-state index contributed by atoms with van der Waals surface area (Å²) in [5.41, 5.74) is 0.514. The Hall–Kier alpha value is -1.79. The molecule has 6 nitrogen and oxygen atoms in total. The maximum Gasteiger partial charge on any atom is 0.317 e. The SMILES string of the molecule is CC(C)NC(=O)N1CCN2C(C1)CN(C(=O)c1ccc(Cl)cc1)CC2(C)C. The first-order valence-electron chi connectivity index (χ1n) is 9.54. The summed E-state index contributed by atoms with van der Waals surface area (Å²) < 4.78 is 0. The monoisotopic (exact) mass is 392 g/mol. The quantitative estimate of drug-likeness (QED) is 0.841. The molecule has 0 aliphatic carbocycles. The van der Waals surface area contributed by atoms with Crippen molar-refractivity contribution in [3.8, 4) is 0 Å². The Balaban J connectivity index is 1.74. The van der Waals surface area contributed by atoms with E-state index in [1.165, 1.54) is 0 Å². The number of hydrogen-bond donors (Lipinski definition) is 1. The van der Waals surface area contributed by atoms with Crippen LogP contribution in [0.1, 0.15) is 38.1 Å². The van der Waals surface area contributed by atoms with Crippen LogP contribution in [0.5, 0.6) is 0 Å². The van der Waals surface area contributed by atoms with Crippen LogP contribution in [0.2, 0.25) is 5.02 Å². The highest BCUT2D eigenvalue weighted by atomic mass is 35.5. The highest BCUT2D eigenvalue weighted by molar-refractivity contribution is 6.30. The zero-order valence-corrected chi connectivity index (χ0v) is 17.3. The lowest BCUT2D eigenvalue weighted by molar-refractivity contribution is -0.0482. The van der Waals surface area contributed by atoms with Crippen molar-refractivity contribution in [2.75, 3.05) is 32.7 Å². The average Bonchev–Trinajstić information content (AvgIpc) is 2.60. The van der Waals surface area contributed by atoms with Crippen molar-refractivity contribution in [2.24, 2.45) is 0 Å². The van der Waals surface area contributed by atoms with Gasteiger partial charge in [-0.2, -0.15) is 0 Å². The fourth-order valence-corrected chi connectivity index (χ4v) is 4.26. The summed E-state index contributed by atoms with van der Waals surface area (Å²) in [5, 5.41) is 3.59. The predicted octanol–water partition coefficient (Wildman–Crippen LogP) is 2.68. The van der Waals surface area contributed by atoms with Crippen molar-refractivity contribution >= 4 is 23.5 Å². The van der Waals surface area contributed by atoms with Crippen molar-refractivity contribution in [1.82, 2.24) is 20.0 Å². The number of carbonyl (C=O) groups is 2. The highest BCUT2D eigenvalue weighted by Gasteiger charge is 2.44. The molecule has 1 aromatic rings. The van der Waals surface area contributed by atoms with Crippen LogP contribution in [-0.2, 0) is 0 Å². The number of carbonyl (C=O) groups excluding carboxylic acids is 2. The zero-order valence-electron chi connectivity index (χ0n) is 16.5. The van der Waals surface area contributed by atoms with Gasteiger partial charge in [0.05, 0.1) is 0 Å². The molecule has 148 valence electrons. The number of rotatable bonds is 2. The molecule has 1 atom stereocenters. The van der Waals surface area contributed by atoms with E-state index in [2.05, 4.69) is 24.1 Å². The van der Waals surface area contributed by atoms with E-state index in [0.29, 0.717) is 36.8 Å². The molecule has 27 heavy (non-hydrogen) atoms. The first-order chi connectivity index (χ1) is 12.7. The van der Waals surface area contributed by atoms with Gasteiger partial charge in [-0.25, -0.2) is 4.79 Å². The molecule has 2 aliphatic rings. The van der Waals surface area contributed by atoms with Crippen LogP contribution in [-0.4, -0.2) is 77.0 Å². The van der Waals surface area contributed by atoms with Gasteiger partial charge in [0, 0.05) is 60.9 Å². The zero-order chi connectivity index (χ0) is 19.8. The molecule has 2 fully saturated rings. The molecule has 0 bridgehead atoms. The molecule has 1 N–H and O–H groups in total. The number of benzene rings is 1. The van der Waals surface area contributed by atoms with Gasteiger partial charge in [-0.3, -0.25) is 9.69 Å². The molecule has 3 amide bonds. The Labute approximate surface area is 166 Å². The average molecular weight is 393 g/mol. The van der Waals surface area contributed by atoms with Gasteiger partial charge in [-0.1, -0.05) is 11.6 Å². The molecule has 0 spiro atoms. The number of amides is 3. The van der Waals surface area contributed by atoms with Gasteiger partial charge >= 0.3 is 6.03 Å². The van der Waals surface area contributed by atoms with Crippen molar-refractivity contribution < 1.29 is 9.59 Å². The first-order valence-corrected chi connectivity index (χ1v) is 9.92. The fourth-order valence-electron chi connectivity index (χ4n) is 4.14. The molecule has 1 unspecified atom stereocenters. The molecule has 1 aromatic carbocycles. The Morgan fingerprint density at radius 2 is 1.74 bits per heavy atom. The van der Waals surface area contributed by atoms with Crippen LogP contribution in [0.15, 0.2) is 24.3 Å². The summed E-state index contributed by atoms with van der Waals surface area (Å²) in [6.07, 6.45) is 0. The van der Waals surface area contributed by atoms with Gasteiger partial charge in [0.25, 0.3) is 5.91 Å². The molecule has 7 heteroatoms. The lowest BCUT2D eigenvalue weighted by atomic mass is 9.92. The summed E-state index contributed by atoms with van der Waals surface area (Å²) in [5.74, 6) is 0.0168. The lowest BCUT2D eigenvalue weighted by Crippen LogP contribution is -2.71. The number of nitrogens with zero attached hydrogens (tertiary/aromatic N) is 3. The number of nitrogens with one attached hydrogen (secondary N) is 1. The summed E-state index contributed by atoms with van der Waals surface area (Å²) in [6.45, 7) is 11.7. The van der Waals surface area contributed by atoms with Gasteiger partial charge < -0.3 is 15.1 Å². The molecule has 2 heterocycles. The van der Waals surface area contributed by atoms with Crippen LogP contribution in [0.4, 0.5) is 4.79 Å². The van der Waals surface area contributed by atoms with Gasteiger partial charge in [-0.15, -0.1) is 0 Å². The van der Waals surface area contributed by atoms with Gasteiger partial charge in [0.2, 0.25) is 0 Å². The van der Waals surface area contributed by atoms with Crippen LogP contribution in [0.3, 0.4) is 0 Å². The summed E-state index contributed by atoms with van der Waals surface area (Å²) >= 11 is 5.95. The number of piperazine rings is 2. The van der Waals surface area contributed by atoms with Gasteiger partial charge in [-0.05, 0) is 52.0 Å². The summed E-state index contributed by atoms with van der Waals surface area (Å²) in [6, 6.07) is 7.26. The topological polar surface area (TPSA) is 55.9 Å². The molecular weight excluding hydrogens is 364 g/mol. The molecule has 0 radical (unpaired) electrons. The maximum atomic E-state index is 13.0. The maximum absolute atomic E-state index is 13.0. The molecule has 0 aromatic heterocycles. The van der Waals surface area contributed by atoms with Crippen molar-refractivity contribution in [1.29, 1.82) is 0 Å². The van der Waals surface area contributed by atoms with E-state index < -0.39 is 0 Å². The van der Waals surface area contributed by atoms with E-state index in [-0.39, 0.29) is 29.6 Å². The van der Waals surface area contributed by atoms with E-state index in [0.717, 1.165) is 6.54 Å². The third kappa shape index (κ3) is 4.38. The van der Waals surface area contributed by atoms with Crippen molar-refractivity contribution in [3.63, 3.8) is 0 Å². The largest absolute Gasteiger partial charge is 0.336 e. The van der Waals surface area contributed by atoms with E-state index >= 15 is 0 Å². The van der Waals surface area contributed by atoms with Gasteiger partial charge in [0.1, 0.15) is 0 Å². The van der Waals surface area contributed by atoms with Crippen LogP contribution < -0.4 is 5.32 Å². The molecule has 2 aliphatic heterocycles. The Morgan fingerprint density at radius 3 is 2.37 bits per heavy atom.